The zero-order valence-corrected chi connectivity index (χ0v) is 17.5. The van der Waals surface area contributed by atoms with Gasteiger partial charge in [0.15, 0.2) is 0 Å². The molecule has 2 aromatic rings. The number of carbonyl (C=O) groups excluding carboxylic acids is 2. The topological polar surface area (TPSA) is 106 Å². The molecule has 9 nitrogen and oxygen atoms in total. The number of hydrogen-bond acceptors (Lipinski definition) is 5. The van der Waals surface area contributed by atoms with Gasteiger partial charge in [0.05, 0.1) is 11.1 Å². The molecule has 2 heterocycles. The summed E-state index contributed by atoms with van der Waals surface area (Å²) in [7, 11) is 0. The SMILES string of the molecule is CCCN(C(=O)Cn1cc([N+](=O)[O-])ccc1=O)C1CCN(C(=O)c2ccccc2)CC1. The molecule has 2 amide bonds. The van der Waals surface area contributed by atoms with Gasteiger partial charge in [0.1, 0.15) is 6.54 Å². The largest absolute Gasteiger partial charge is 0.338 e. The number of nitro groups is 1. The molecule has 0 saturated carbocycles. The molecule has 0 bridgehead atoms. The lowest BCUT2D eigenvalue weighted by Crippen LogP contribution is -2.50. The summed E-state index contributed by atoms with van der Waals surface area (Å²) in [6.45, 7) is 3.34. The first-order chi connectivity index (χ1) is 14.9. The minimum absolute atomic E-state index is 0.0180. The fourth-order valence-corrected chi connectivity index (χ4v) is 3.88. The van der Waals surface area contributed by atoms with Crippen molar-refractivity contribution in [2.45, 2.75) is 38.8 Å². The highest BCUT2D eigenvalue weighted by molar-refractivity contribution is 5.94. The Morgan fingerprint density at radius 3 is 2.42 bits per heavy atom. The molecule has 1 aliphatic rings. The summed E-state index contributed by atoms with van der Waals surface area (Å²) in [6, 6.07) is 11.3. The number of hydrogen-bond donors (Lipinski definition) is 0. The molecular formula is C22H26N4O5. The van der Waals surface area contributed by atoms with Crippen LogP contribution in [0.15, 0.2) is 53.5 Å². The fourth-order valence-electron chi connectivity index (χ4n) is 3.88. The number of benzene rings is 1. The Bertz CT molecular complexity index is 996. The molecule has 1 aromatic carbocycles. The molecule has 1 aromatic heterocycles. The lowest BCUT2D eigenvalue weighted by Gasteiger charge is -2.38. The lowest BCUT2D eigenvalue weighted by atomic mass is 10.0. The van der Waals surface area contributed by atoms with Gasteiger partial charge in [-0.05, 0) is 31.4 Å². The van der Waals surface area contributed by atoms with Crippen molar-refractivity contribution >= 4 is 17.5 Å². The maximum atomic E-state index is 13.0. The Balaban J connectivity index is 1.67. The molecule has 0 unspecified atom stereocenters. The first kappa shape index (κ1) is 22.2. The van der Waals surface area contributed by atoms with Gasteiger partial charge in [-0.2, -0.15) is 0 Å². The van der Waals surface area contributed by atoms with Gasteiger partial charge in [-0.15, -0.1) is 0 Å². The van der Waals surface area contributed by atoms with Gasteiger partial charge in [0, 0.05) is 43.4 Å². The summed E-state index contributed by atoms with van der Waals surface area (Å²) in [6.07, 6.45) is 3.15. The van der Waals surface area contributed by atoms with Crippen LogP contribution in [0.5, 0.6) is 0 Å². The zero-order valence-electron chi connectivity index (χ0n) is 17.5. The number of likely N-dealkylation sites (tertiary alicyclic amines) is 1. The minimum atomic E-state index is -0.594. The fraction of sp³-hybridized carbons (Fsp3) is 0.409. The average Bonchev–Trinajstić information content (AvgIpc) is 2.79. The summed E-state index contributed by atoms with van der Waals surface area (Å²) in [5, 5.41) is 11.0. The van der Waals surface area contributed by atoms with Crippen molar-refractivity contribution in [3.05, 3.63) is 74.7 Å². The Labute approximate surface area is 180 Å². The molecule has 9 heteroatoms. The first-order valence-electron chi connectivity index (χ1n) is 10.4. The molecule has 1 aliphatic heterocycles. The van der Waals surface area contributed by atoms with E-state index < -0.39 is 10.5 Å². The van der Waals surface area contributed by atoms with E-state index in [1.54, 1.807) is 21.9 Å². The summed E-state index contributed by atoms with van der Waals surface area (Å²) >= 11 is 0. The molecule has 0 spiro atoms. The van der Waals surface area contributed by atoms with Crippen LogP contribution in [0.3, 0.4) is 0 Å². The normalized spacial score (nSPS) is 14.3. The molecule has 164 valence electrons. The van der Waals surface area contributed by atoms with Gasteiger partial charge in [0.25, 0.3) is 17.2 Å². The highest BCUT2D eigenvalue weighted by Gasteiger charge is 2.29. The lowest BCUT2D eigenvalue weighted by molar-refractivity contribution is -0.385. The number of pyridine rings is 1. The van der Waals surface area contributed by atoms with Crippen LogP contribution in [0.1, 0.15) is 36.5 Å². The maximum absolute atomic E-state index is 13.0. The van der Waals surface area contributed by atoms with Gasteiger partial charge in [-0.1, -0.05) is 25.1 Å². The Hall–Kier alpha value is -3.49. The number of nitrogens with zero attached hydrogens (tertiary/aromatic N) is 4. The van der Waals surface area contributed by atoms with Gasteiger partial charge in [-0.25, -0.2) is 0 Å². The maximum Gasteiger partial charge on any atom is 0.285 e. The Morgan fingerprint density at radius 1 is 1.13 bits per heavy atom. The highest BCUT2D eigenvalue weighted by Crippen LogP contribution is 2.20. The van der Waals surface area contributed by atoms with Crippen molar-refractivity contribution in [2.75, 3.05) is 19.6 Å². The summed E-state index contributed by atoms with van der Waals surface area (Å²) < 4.78 is 1.08. The number of amides is 2. The summed E-state index contributed by atoms with van der Waals surface area (Å²) in [5.74, 6) is -0.271. The molecule has 0 N–H and O–H groups in total. The summed E-state index contributed by atoms with van der Waals surface area (Å²) in [5.41, 5.74) is -0.0478. The van der Waals surface area contributed by atoms with E-state index in [2.05, 4.69) is 0 Å². The van der Waals surface area contributed by atoms with E-state index in [1.807, 2.05) is 25.1 Å². The minimum Gasteiger partial charge on any atom is -0.338 e. The first-order valence-corrected chi connectivity index (χ1v) is 10.4. The van der Waals surface area contributed by atoms with E-state index in [0.717, 1.165) is 29.3 Å². The van der Waals surface area contributed by atoms with Crippen molar-refractivity contribution in [1.82, 2.24) is 14.4 Å². The molecular weight excluding hydrogens is 400 g/mol. The van der Waals surface area contributed by atoms with Crippen LogP contribution < -0.4 is 5.56 Å². The Kier molecular flexibility index (Phi) is 7.17. The second-order valence-corrected chi connectivity index (χ2v) is 7.59. The Morgan fingerprint density at radius 2 is 1.81 bits per heavy atom. The smallest absolute Gasteiger partial charge is 0.285 e. The van der Waals surface area contributed by atoms with E-state index >= 15 is 0 Å². The molecule has 1 fully saturated rings. The second kappa shape index (κ2) is 10.0. The third kappa shape index (κ3) is 5.36. The van der Waals surface area contributed by atoms with Crippen molar-refractivity contribution < 1.29 is 14.5 Å². The zero-order chi connectivity index (χ0) is 22.4. The van der Waals surface area contributed by atoms with E-state index in [-0.39, 0.29) is 30.1 Å². The van der Waals surface area contributed by atoms with Gasteiger partial charge >= 0.3 is 0 Å². The van der Waals surface area contributed by atoms with E-state index in [1.165, 1.54) is 0 Å². The number of carbonyl (C=O) groups is 2. The second-order valence-electron chi connectivity index (χ2n) is 7.59. The molecule has 0 radical (unpaired) electrons. The van der Waals surface area contributed by atoms with Crippen molar-refractivity contribution in [3.8, 4) is 0 Å². The monoisotopic (exact) mass is 426 g/mol. The predicted octanol–water partition coefficient (Wildman–Crippen LogP) is 2.30. The third-order valence-electron chi connectivity index (χ3n) is 5.48. The van der Waals surface area contributed by atoms with Crippen LogP contribution in [0, 0.1) is 10.1 Å². The molecule has 1 saturated heterocycles. The average molecular weight is 426 g/mol. The van der Waals surface area contributed by atoms with E-state index in [0.29, 0.717) is 38.0 Å². The van der Waals surface area contributed by atoms with Gasteiger partial charge in [-0.3, -0.25) is 29.1 Å². The van der Waals surface area contributed by atoms with Crippen LogP contribution >= 0.6 is 0 Å². The van der Waals surface area contributed by atoms with Crippen LogP contribution in [-0.2, 0) is 11.3 Å². The van der Waals surface area contributed by atoms with Crippen LogP contribution in [-0.4, -0.2) is 56.8 Å². The number of rotatable bonds is 7. The summed E-state index contributed by atoms with van der Waals surface area (Å²) in [4.78, 5) is 51.6. The van der Waals surface area contributed by atoms with Crippen LogP contribution in [0.25, 0.3) is 0 Å². The highest BCUT2D eigenvalue weighted by atomic mass is 16.6. The van der Waals surface area contributed by atoms with Gasteiger partial charge < -0.3 is 9.80 Å². The number of piperidine rings is 1. The van der Waals surface area contributed by atoms with Crippen molar-refractivity contribution in [1.29, 1.82) is 0 Å². The van der Waals surface area contributed by atoms with E-state index in [4.69, 9.17) is 0 Å². The van der Waals surface area contributed by atoms with Crippen molar-refractivity contribution in [3.63, 3.8) is 0 Å². The van der Waals surface area contributed by atoms with Crippen LogP contribution in [0.4, 0.5) is 5.69 Å². The molecule has 31 heavy (non-hydrogen) atoms. The quantitative estimate of drug-likeness (QED) is 0.499. The standard InChI is InChI=1S/C22H26N4O5/c1-2-12-25(21(28)16-24-15-19(26(30)31)8-9-20(24)27)18-10-13-23(14-11-18)22(29)17-6-4-3-5-7-17/h3-9,15,18H,2,10-14,16H2,1H3. The third-order valence-corrected chi connectivity index (χ3v) is 5.48. The van der Waals surface area contributed by atoms with Gasteiger partial charge in [0.2, 0.25) is 5.91 Å². The molecule has 0 aliphatic carbocycles. The van der Waals surface area contributed by atoms with Crippen molar-refractivity contribution in [2.24, 2.45) is 0 Å². The van der Waals surface area contributed by atoms with E-state index in [9.17, 15) is 24.5 Å². The number of aromatic nitrogens is 1. The molecule has 3 rings (SSSR count). The van der Waals surface area contributed by atoms with Crippen LogP contribution in [0.2, 0.25) is 0 Å². The predicted molar refractivity (Wildman–Crippen MR) is 115 cm³/mol. The molecule has 0 atom stereocenters.